The van der Waals surface area contributed by atoms with Crippen LogP contribution in [0.3, 0.4) is 0 Å². The van der Waals surface area contributed by atoms with Crippen LogP contribution in [0.1, 0.15) is 329 Å². The van der Waals surface area contributed by atoms with Crippen molar-refractivity contribution in [1.82, 2.24) is 0 Å². The van der Waals surface area contributed by atoms with Gasteiger partial charge in [-0.2, -0.15) is 0 Å². The fourth-order valence-corrected chi connectivity index (χ4v) is 10.8. The SMILES string of the molecule is CC/C=C\C/C=C\C/C=C\C/C=C\C/C=C\CCCCCC(=O)OC1C(OCC(COC(=O)CCCCCCCCCCC/C=C\CCCCCCCC)OC(=O)CCCCCCCCCCCCCCCCCCCCC)OC(C(=O)O)C(O)C1O. The van der Waals surface area contributed by atoms with E-state index < -0.39 is 67.3 Å². The summed E-state index contributed by atoms with van der Waals surface area (Å²) in [6, 6.07) is 0. The zero-order chi connectivity index (χ0) is 63.1. The van der Waals surface area contributed by atoms with Gasteiger partial charge in [-0.05, 0) is 89.9 Å². The zero-order valence-electron chi connectivity index (χ0n) is 55.8. The third-order valence-electron chi connectivity index (χ3n) is 16.3. The number of aliphatic hydroxyl groups is 2. The highest BCUT2D eigenvalue weighted by Crippen LogP contribution is 2.27. The van der Waals surface area contributed by atoms with Crippen molar-refractivity contribution in [1.29, 1.82) is 0 Å². The Bertz CT molecular complexity index is 1790. The summed E-state index contributed by atoms with van der Waals surface area (Å²) in [5, 5.41) is 31.7. The molecule has 0 spiro atoms. The van der Waals surface area contributed by atoms with Gasteiger partial charge in [-0.1, -0.05) is 293 Å². The molecular formula is C75H130O12. The second-order valence-electron chi connectivity index (χ2n) is 24.5. The topological polar surface area (TPSA) is 175 Å². The fraction of sp³-hybridized carbons (Fsp3) is 0.787. The molecule has 502 valence electrons. The number of hydrogen-bond acceptors (Lipinski definition) is 11. The van der Waals surface area contributed by atoms with Gasteiger partial charge in [0, 0.05) is 19.3 Å². The molecule has 1 aliphatic heterocycles. The van der Waals surface area contributed by atoms with Crippen molar-refractivity contribution in [2.24, 2.45) is 0 Å². The monoisotopic (exact) mass is 1220 g/mol. The quantitative estimate of drug-likeness (QED) is 0.0228. The van der Waals surface area contributed by atoms with Crippen LogP contribution < -0.4 is 0 Å². The van der Waals surface area contributed by atoms with Gasteiger partial charge >= 0.3 is 23.9 Å². The van der Waals surface area contributed by atoms with Crippen molar-refractivity contribution in [2.75, 3.05) is 13.2 Å². The summed E-state index contributed by atoms with van der Waals surface area (Å²) in [6.07, 6.45) is 68.5. The molecule has 0 aliphatic carbocycles. The molecule has 87 heavy (non-hydrogen) atoms. The summed E-state index contributed by atoms with van der Waals surface area (Å²) in [5.74, 6) is -3.14. The highest BCUT2D eigenvalue weighted by molar-refractivity contribution is 5.74. The van der Waals surface area contributed by atoms with Crippen molar-refractivity contribution in [3.63, 3.8) is 0 Å². The Morgan fingerprint density at radius 1 is 0.391 bits per heavy atom. The minimum Gasteiger partial charge on any atom is -0.479 e. The van der Waals surface area contributed by atoms with Gasteiger partial charge in [0.1, 0.15) is 18.8 Å². The van der Waals surface area contributed by atoms with E-state index in [2.05, 4.69) is 93.7 Å². The standard InChI is InChI=1S/C75H130O12/c1-4-7-10-13-16-19-22-25-28-31-34-37-40-43-46-49-52-55-58-61-67(76)83-64-66(85-68(77)62-59-56-53-50-47-44-41-38-35-32-29-26-23-20-17-14-11-8-5-2)65-84-75-73(71(80)70(79)72(87-75)74(81)82)86-69(78)63-60-57-54-51-48-45-42-39-36-33-30-27-24-21-18-15-12-9-6-3/h9,12,18,21,25,27-28,30,36,39,45,48,66,70-73,75,79-80H,4-8,10-11,13-17,19-20,22-24,26,29,31-35,37-38,40-44,46-47,49-65H2,1-3H3,(H,81,82)/b12-9-,21-18-,28-25-,30-27-,39-36-,48-45-. The van der Waals surface area contributed by atoms with Crippen LogP contribution in [0, 0.1) is 0 Å². The van der Waals surface area contributed by atoms with Crippen LogP contribution >= 0.6 is 0 Å². The number of rotatable bonds is 62. The molecule has 0 bridgehead atoms. The molecule has 12 nitrogen and oxygen atoms in total. The van der Waals surface area contributed by atoms with Gasteiger partial charge in [-0.15, -0.1) is 0 Å². The normalized spacial score (nSPS) is 17.7. The molecular weight excluding hydrogens is 1090 g/mol. The first-order valence-corrected chi connectivity index (χ1v) is 35.9. The Balaban J connectivity index is 2.64. The molecule has 0 radical (unpaired) electrons. The van der Waals surface area contributed by atoms with Crippen molar-refractivity contribution in [3.05, 3.63) is 72.9 Å². The lowest BCUT2D eigenvalue weighted by molar-refractivity contribution is -0.301. The molecule has 6 atom stereocenters. The molecule has 1 fully saturated rings. The number of carbonyl (C=O) groups excluding carboxylic acids is 3. The Kier molecular flexibility index (Phi) is 58.2. The Hall–Kier alpha value is -3.84. The Morgan fingerprint density at radius 2 is 0.724 bits per heavy atom. The molecule has 1 rings (SSSR count). The van der Waals surface area contributed by atoms with E-state index in [1.165, 1.54) is 180 Å². The number of aliphatic hydroxyl groups excluding tert-OH is 2. The van der Waals surface area contributed by atoms with Gasteiger partial charge < -0.3 is 39.0 Å². The van der Waals surface area contributed by atoms with Gasteiger partial charge in [-0.25, -0.2) is 4.79 Å². The van der Waals surface area contributed by atoms with Crippen LogP contribution in [-0.4, -0.2) is 89.2 Å². The molecule has 6 unspecified atom stereocenters. The van der Waals surface area contributed by atoms with E-state index in [1.54, 1.807) is 0 Å². The van der Waals surface area contributed by atoms with Crippen molar-refractivity contribution in [3.8, 4) is 0 Å². The first kappa shape index (κ1) is 81.2. The summed E-state index contributed by atoms with van der Waals surface area (Å²) in [7, 11) is 0. The summed E-state index contributed by atoms with van der Waals surface area (Å²) in [5.41, 5.74) is 0. The number of esters is 3. The molecule has 3 N–H and O–H groups in total. The number of carboxylic acids is 1. The number of carbonyl (C=O) groups is 4. The van der Waals surface area contributed by atoms with E-state index in [0.717, 1.165) is 89.9 Å². The zero-order valence-corrected chi connectivity index (χ0v) is 55.8. The molecule has 0 aromatic heterocycles. The largest absolute Gasteiger partial charge is 0.479 e. The molecule has 12 heteroatoms. The second kappa shape index (κ2) is 62.4. The minimum atomic E-state index is -1.92. The number of allylic oxidation sites excluding steroid dienone is 12. The molecule has 1 saturated heterocycles. The van der Waals surface area contributed by atoms with Crippen LogP contribution in [0.25, 0.3) is 0 Å². The molecule has 0 aromatic rings. The van der Waals surface area contributed by atoms with Crippen LogP contribution in [0.15, 0.2) is 72.9 Å². The number of ether oxygens (including phenoxy) is 5. The van der Waals surface area contributed by atoms with Crippen LogP contribution in [0.4, 0.5) is 0 Å². The average molecular weight is 1220 g/mol. The van der Waals surface area contributed by atoms with Gasteiger partial charge in [0.25, 0.3) is 0 Å². The predicted molar refractivity (Wildman–Crippen MR) is 358 cm³/mol. The van der Waals surface area contributed by atoms with Crippen molar-refractivity contribution in [2.45, 2.75) is 366 Å². The van der Waals surface area contributed by atoms with Gasteiger partial charge in [0.05, 0.1) is 6.61 Å². The highest BCUT2D eigenvalue weighted by Gasteiger charge is 2.50. The second-order valence-corrected chi connectivity index (χ2v) is 24.5. The third kappa shape index (κ3) is 51.6. The Labute approximate surface area is 531 Å². The predicted octanol–water partition coefficient (Wildman–Crippen LogP) is 20.0. The minimum absolute atomic E-state index is 0.0212. The smallest absolute Gasteiger partial charge is 0.335 e. The fourth-order valence-electron chi connectivity index (χ4n) is 10.8. The maximum absolute atomic E-state index is 13.3. The van der Waals surface area contributed by atoms with E-state index in [4.69, 9.17) is 23.7 Å². The molecule has 0 amide bonds. The lowest BCUT2D eigenvalue weighted by atomic mass is 9.98. The van der Waals surface area contributed by atoms with Gasteiger partial charge in [0.15, 0.2) is 24.6 Å². The molecule has 0 saturated carbocycles. The summed E-state index contributed by atoms with van der Waals surface area (Å²) in [6.45, 7) is 5.93. The lowest BCUT2D eigenvalue weighted by Gasteiger charge is -2.40. The van der Waals surface area contributed by atoms with E-state index >= 15 is 0 Å². The molecule has 1 aliphatic rings. The number of hydrogen-bond donors (Lipinski definition) is 3. The maximum atomic E-state index is 13.3. The highest BCUT2D eigenvalue weighted by atomic mass is 16.7. The van der Waals surface area contributed by atoms with Gasteiger partial charge in [0.2, 0.25) is 0 Å². The molecule has 1 heterocycles. The first-order valence-electron chi connectivity index (χ1n) is 35.9. The van der Waals surface area contributed by atoms with Crippen LogP contribution in [-0.2, 0) is 42.9 Å². The number of aliphatic carboxylic acids is 1. The van der Waals surface area contributed by atoms with Gasteiger partial charge in [-0.3, -0.25) is 14.4 Å². The van der Waals surface area contributed by atoms with Crippen molar-refractivity contribution < 1.29 is 58.2 Å². The van der Waals surface area contributed by atoms with E-state index in [0.29, 0.717) is 19.3 Å². The average Bonchev–Trinajstić information content (AvgIpc) is 2.60. The summed E-state index contributed by atoms with van der Waals surface area (Å²) < 4.78 is 28.6. The summed E-state index contributed by atoms with van der Waals surface area (Å²) in [4.78, 5) is 51.5. The molecule has 0 aromatic carbocycles. The summed E-state index contributed by atoms with van der Waals surface area (Å²) >= 11 is 0. The van der Waals surface area contributed by atoms with Crippen LogP contribution in [0.5, 0.6) is 0 Å². The lowest BCUT2D eigenvalue weighted by Crippen LogP contribution is -2.61. The maximum Gasteiger partial charge on any atom is 0.335 e. The van der Waals surface area contributed by atoms with E-state index in [9.17, 15) is 34.5 Å². The number of unbranched alkanes of at least 4 members (excludes halogenated alkanes) is 36. The van der Waals surface area contributed by atoms with Crippen LogP contribution in [0.2, 0.25) is 0 Å². The van der Waals surface area contributed by atoms with E-state index in [1.807, 2.05) is 0 Å². The van der Waals surface area contributed by atoms with Crippen molar-refractivity contribution >= 4 is 23.9 Å². The Morgan fingerprint density at radius 3 is 1.13 bits per heavy atom. The van der Waals surface area contributed by atoms with E-state index in [-0.39, 0.29) is 25.9 Å². The number of carboxylic acid groups (broad SMARTS) is 1. The third-order valence-corrected chi connectivity index (χ3v) is 16.3. The first-order chi connectivity index (χ1) is 42.6.